The van der Waals surface area contributed by atoms with Gasteiger partial charge in [-0.1, -0.05) is 0 Å². The fourth-order valence-electron chi connectivity index (χ4n) is 4.31. The molecular formula is C44H34MnN4-4. The zero-order valence-electron chi connectivity index (χ0n) is 26.7. The number of aromatic nitrogens is 4. The predicted molar refractivity (Wildman–Crippen MR) is 200 cm³/mol. The van der Waals surface area contributed by atoms with E-state index >= 15 is 0 Å². The van der Waals surface area contributed by atoms with Gasteiger partial charge in [-0.25, -0.2) is 9.97 Å². The monoisotopic (exact) mass is 673 g/mol. The molecule has 0 atom stereocenters. The van der Waals surface area contributed by atoms with Gasteiger partial charge >= 0.3 is 0 Å². The van der Waals surface area contributed by atoms with E-state index in [1.54, 1.807) is 0 Å². The Labute approximate surface area is 299 Å². The molecule has 2 aliphatic rings. The molecule has 49 heavy (non-hydrogen) atoms. The summed E-state index contributed by atoms with van der Waals surface area (Å²) in [6.45, 7) is 0. The van der Waals surface area contributed by atoms with Crippen LogP contribution in [0, 0.1) is 24.3 Å². The largest absolute Gasteiger partial charge is 0.355 e. The Bertz CT molecular complexity index is 1800. The SMILES string of the molecule is C1=Cc2cc3ccc(cc4ccc(cc5nc(cc1n2)C=C5)[nH]4)[nH]3.[Mn].[c-]1ccccc1.[c-]1ccccc1.[c-]1ccccc1.[c-]1ccccc1. The summed E-state index contributed by atoms with van der Waals surface area (Å²) in [5.74, 6) is 0. The molecule has 2 N–H and O–H groups in total. The van der Waals surface area contributed by atoms with Crippen molar-refractivity contribution < 1.29 is 17.1 Å². The van der Waals surface area contributed by atoms with Gasteiger partial charge in [0.15, 0.2) is 0 Å². The first kappa shape index (κ1) is 35.8. The molecule has 0 saturated carbocycles. The van der Waals surface area contributed by atoms with Gasteiger partial charge in [-0.3, -0.25) is 0 Å². The van der Waals surface area contributed by atoms with Crippen LogP contribution in [0.2, 0.25) is 0 Å². The molecule has 3 aromatic heterocycles. The van der Waals surface area contributed by atoms with Crippen molar-refractivity contribution in [2.45, 2.75) is 0 Å². The van der Waals surface area contributed by atoms with Crippen LogP contribution < -0.4 is 0 Å². The Balaban J connectivity index is 0.000000175. The third-order valence-electron chi connectivity index (χ3n) is 6.47. The van der Waals surface area contributed by atoms with Crippen LogP contribution in [-0.4, -0.2) is 19.9 Å². The first-order chi connectivity index (χ1) is 23.8. The van der Waals surface area contributed by atoms with Gasteiger partial charge in [-0.15, -0.1) is 0 Å². The maximum absolute atomic E-state index is 4.62. The molecule has 1 radical (unpaired) electrons. The van der Waals surface area contributed by atoms with Crippen LogP contribution in [0.5, 0.6) is 0 Å². The Morgan fingerprint density at radius 2 is 0.592 bits per heavy atom. The number of H-pyrrole nitrogens is 2. The van der Waals surface area contributed by atoms with E-state index in [9.17, 15) is 0 Å². The number of nitrogens with one attached hydrogen (secondary N) is 2. The molecule has 241 valence electrons. The summed E-state index contributed by atoms with van der Waals surface area (Å²) in [4.78, 5) is 16.0. The van der Waals surface area contributed by atoms with Crippen molar-refractivity contribution in [2.24, 2.45) is 0 Å². The summed E-state index contributed by atoms with van der Waals surface area (Å²) in [5.41, 5.74) is 7.86. The van der Waals surface area contributed by atoms with Crippen LogP contribution in [0.4, 0.5) is 0 Å². The van der Waals surface area contributed by atoms with Gasteiger partial charge in [0.05, 0.1) is 22.8 Å². The van der Waals surface area contributed by atoms with Crippen LogP contribution in [0.25, 0.3) is 46.4 Å². The van der Waals surface area contributed by atoms with E-state index in [0.29, 0.717) is 0 Å². The molecular weight excluding hydrogens is 639 g/mol. The van der Waals surface area contributed by atoms with Crippen molar-refractivity contribution in [2.75, 3.05) is 0 Å². The van der Waals surface area contributed by atoms with Crippen molar-refractivity contribution in [3.05, 3.63) is 217 Å². The summed E-state index contributed by atoms with van der Waals surface area (Å²) in [6, 6.07) is 66.4. The van der Waals surface area contributed by atoms with Gasteiger partial charge in [0.1, 0.15) is 0 Å². The number of benzene rings is 4. The van der Waals surface area contributed by atoms with Gasteiger partial charge in [0.2, 0.25) is 0 Å². The van der Waals surface area contributed by atoms with E-state index < -0.39 is 0 Å². The zero-order chi connectivity index (χ0) is 32.9. The van der Waals surface area contributed by atoms with E-state index in [0.717, 1.165) is 44.8 Å². The van der Waals surface area contributed by atoms with Crippen molar-refractivity contribution in [1.29, 1.82) is 0 Å². The molecule has 7 aromatic rings. The van der Waals surface area contributed by atoms with Gasteiger partial charge in [-0.05, 0) is 72.8 Å². The maximum Gasteiger partial charge on any atom is 0.0659 e. The smallest absolute Gasteiger partial charge is 0.0659 e. The second kappa shape index (κ2) is 21.0. The minimum absolute atomic E-state index is 0. The molecule has 0 saturated heterocycles. The Hall–Kier alpha value is -6.00. The molecule has 4 nitrogen and oxygen atoms in total. The normalized spacial score (nSPS) is 10.1. The number of fused-ring (bicyclic) bond motifs is 8. The Morgan fingerprint density at radius 1 is 0.327 bits per heavy atom. The third-order valence-corrected chi connectivity index (χ3v) is 6.47. The van der Waals surface area contributed by atoms with Crippen molar-refractivity contribution in [3.8, 4) is 0 Å². The molecule has 4 aromatic carbocycles. The summed E-state index contributed by atoms with van der Waals surface area (Å²) >= 11 is 0. The van der Waals surface area contributed by atoms with E-state index in [1.807, 2.05) is 164 Å². The molecule has 5 heteroatoms. The maximum atomic E-state index is 4.62. The Morgan fingerprint density at radius 3 is 0.837 bits per heavy atom. The van der Waals surface area contributed by atoms with E-state index in [4.69, 9.17) is 0 Å². The molecule has 0 aliphatic carbocycles. The van der Waals surface area contributed by atoms with Gasteiger partial charge in [0, 0.05) is 39.1 Å². The van der Waals surface area contributed by atoms with Crippen LogP contribution in [0.1, 0.15) is 22.8 Å². The van der Waals surface area contributed by atoms with Gasteiger partial charge < -0.3 is 9.97 Å². The van der Waals surface area contributed by atoms with E-state index in [2.05, 4.69) is 74.5 Å². The average molecular weight is 674 g/mol. The summed E-state index contributed by atoms with van der Waals surface area (Å²) in [7, 11) is 0. The number of aromatic amines is 2. The van der Waals surface area contributed by atoms with Crippen LogP contribution in [0.15, 0.2) is 170 Å². The zero-order valence-corrected chi connectivity index (χ0v) is 27.9. The van der Waals surface area contributed by atoms with Crippen LogP contribution in [0.3, 0.4) is 0 Å². The first-order valence-corrected chi connectivity index (χ1v) is 15.5. The second-order valence-electron chi connectivity index (χ2n) is 10.2. The van der Waals surface area contributed by atoms with Crippen molar-refractivity contribution in [1.82, 2.24) is 19.9 Å². The second-order valence-corrected chi connectivity index (χ2v) is 10.2. The fourth-order valence-corrected chi connectivity index (χ4v) is 4.31. The molecule has 2 aliphatic heterocycles. The third kappa shape index (κ3) is 13.7. The van der Waals surface area contributed by atoms with Crippen LogP contribution in [-0.2, 0) is 17.1 Å². The topological polar surface area (TPSA) is 57.4 Å². The predicted octanol–water partition coefficient (Wildman–Crippen LogP) is 10.6. The molecule has 0 amide bonds. The molecule has 0 fully saturated rings. The van der Waals surface area contributed by atoms with Crippen molar-refractivity contribution in [3.63, 3.8) is 0 Å². The van der Waals surface area contributed by atoms with Crippen molar-refractivity contribution >= 4 is 46.4 Å². The molecule has 0 spiro atoms. The van der Waals surface area contributed by atoms with Gasteiger partial charge in [-0.2, -0.15) is 146 Å². The summed E-state index contributed by atoms with van der Waals surface area (Å²) in [6.07, 6.45) is 8.05. The number of nitrogens with zero attached hydrogens (tertiary/aromatic N) is 2. The van der Waals surface area contributed by atoms with E-state index in [1.165, 1.54) is 0 Å². The number of rotatable bonds is 0. The summed E-state index contributed by atoms with van der Waals surface area (Å²) < 4.78 is 0. The molecule has 8 bridgehead atoms. The molecule has 5 heterocycles. The molecule has 0 unspecified atom stereocenters. The standard InChI is InChI=1S/C20H14N4.4C6H5.Mn/c1-2-14-10-16-5-6-18(23-16)12-20-8-7-19(24-20)11-17-4-3-15(22-17)9-13(1)21-14;4*1-2-4-6-5-3-1;/h1-12,21-22H;4*1-5H;/q;4*-1;. The average Bonchev–Trinajstić information content (AvgIpc) is 4.00. The van der Waals surface area contributed by atoms with E-state index in [-0.39, 0.29) is 17.1 Å². The van der Waals surface area contributed by atoms with Gasteiger partial charge in [0.25, 0.3) is 0 Å². The minimum atomic E-state index is 0. The minimum Gasteiger partial charge on any atom is -0.355 e. The van der Waals surface area contributed by atoms with Crippen LogP contribution >= 0.6 is 0 Å². The molecule has 9 rings (SSSR count). The Kier molecular flexibility index (Phi) is 15.4. The fraction of sp³-hybridized carbons (Fsp3) is 0. The number of hydrogen-bond acceptors (Lipinski definition) is 2. The quantitative estimate of drug-likeness (QED) is 0.124. The first-order valence-electron chi connectivity index (χ1n) is 15.5. The summed E-state index contributed by atoms with van der Waals surface area (Å²) in [5, 5.41) is 0. The number of hydrogen-bond donors (Lipinski definition) is 2.